The van der Waals surface area contributed by atoms with Crippen LogP contribution in [-0.4, -0.2) is 0 Å². The van der Waals surface area contributed by atoms with Gasteiger partial charge in [-0.05, 0) is 37.7 Å². The fourth-order valence-electron chi connectivity index (χ4n) is 1.46. The standard InChI is InChI=1S/C11H14/c1-9-3-2-4-10(6-5-9)11-7-8-11/h3-6,11H,2,7-8H2,1H3. The van der Waals surface area contributed by atoms with Crippen LogP contribution in [0.15, 0.2) is 35.5 Å². The number of allylic oxidation sites excluding steroid dienone is 6. The van der Waals surface area contributed by atoms with Gasteiger partial charge >= 0.3 is 0 Å². The molecule has 1 saturated carbocycles. The highest BCUT2D eigenvalue weighted by Crippen LogP contribution is 2.37. The van der Waals surface area contributed by atoms with Crippen LogP contribution >= 0.6 is 0 Å². The molecule has 2 aliphatic carbocycles. The molecule has 2 rings (SSSR count). The van der Waals surface area contributed by atoms with Crippen LogP contribution in [0.1, 0.15) is 26.2 Å². The van der Waals surface area contributed by atoms with Crippen molar-refractivity contribution >= 4 is 0 Å². The molecule has 0 heterocycles. The van der Waals surface area contributed by atoms with Crippen molar-refractivity contribution in [2.24, 2.45) is 5.92 Å². The number of hydrogen-bond donors (Lipinski definition) is 0. The van der Waals surface area contributed by atoms with Gasteiger partial charge in [-0.1, -0.05) is 29.9 Å². The maximum atomic E-state index is 2.37. The number of rotatable bonds is 1. The Morgan fingerprint density at radius 2 is 2.00 bits per heavy atom. The van der Waals surface area contributed by atoms with Gasteiger partial charge in [-0.3, -0.25) is 0 Å². The first-order valence-corrected chi connectivity index (χ1v) is 4.41. The summed E-state index contributed by atoms with van der Waals surface area (Å²) in [5.74, 6) is 0.908. The zero-order valence-corrected chi connectivity index (χ0v) is 7.01. The first-order chi connectivity index (χ1) is 5.36. The lowest BCUT2D eigenvalue weighted by Crippen LogP contribution is -1.78. The molecule has 0 amide bonds. The normalized spacial score (nSPS) is 24.1. The van der Waals surface area contributed by atoms with Crippen LogP contribution in [0.5, 0.6) is 0 Å². The SMILES string of the molecule is CC1=CCC=C(C2CC2)C=C1. The van der Waals surface area contributed by atoms with Crippen molar-refractivity contribution in [2.75, 3.05) is 0 Å². The Morgan fingerprint density at radius 3 is 2.73 bits per heavy atom. The second-order valence-corrected chi connectivity index (χ2v) is 3.50. The highest BCUT2D eigenvalue weighted by molar-refractivity contribution is 5.34. The van der Waals surface area contributed by atoms with E-state index in [1.54, 1.807) is 5.57 Å². The van der Waals surface area contributed by atoms with Gasteiger partial charge in [0.15, 0.2) is 0 Å². The molecular weight excluding hydrogens is 132 g/mol. The predicted molar refractivity (Wildman–Crippen MR) is 48.3 cm³/mol. The van der Waals surface area contributed by atoms with E-state index in [0.717, 1.165) is 12.3 Å². The predicted octanol–water partition coefficient (Wildman–Crippen LogP) is 3.23. The van der Waals surface area contributed by atoms with Crippen molar-refractivity contribution in [3.8, 4) is 0 Å². The molecule has 0 aromatic heterocycles. The van der Waals surface area contributed by atoms with Crippen molar-refractivity contribution in [3.63, 3.8) is 0 Å². The first kappa shape index (κ1) is 6.90. The van der Waals surface area contributed by atoms with E-state index in [1.807, 2.05) is 0 Å². The smallest absolute Gasteiger partial charge is 0.0158 e. The average Bonchev–Trinajstić information content (AvgIpc) is 2.73. The maximum absolute atomic E-state index is 2.37. The van der Waals surface area contributed by atoms with Crippen LogP contribution in [0.4, 0.5) is 0 Å². The average molecular weight is 146 g/mol. The van der Waals surface area contributed by atoms with E-state index in [-0.39, 0.29) is 0 Å². The van der Waals surface area contributed by atoms with Gasteiger partial charge in [0, 0.05) is 0 Å². The Labute approximate surface area is 68.3 Å². The molecule has 0 unspecified atom stereocenters. The zero-order valence-electron chi connectivity index (χ0n) is 7.01. The van der Waals surface area contributed by atoms with Crippen molar-refractivity contribution in [1.29, 1.82) is 0 Å². The van der Waals surface area contributed by atoms with E-state index in [2.05, 4.69) is 31.2 Å². The minimum absolute atomic E-state index is 0.908. The second kappa shape index (κ2) is 2.69. The highest BCUT2D eigenvalue weighted by Gasteiger charge is 2.23. The van der Waals surface area contributed by atoms with Gasteiger partial charge in [-0.2, -0.15) is 0 Å². The largest absolute Gasteiger partial charge is 0.0778 e. The van der Waals surface area contributed by atoms with Gasteiger partial charge in [-0.15, -0.1) is 0 Å². The van der Waals surface area contributed by atoms with Gasteiger partial charge in [-0.25, -0.2) is 0 Å². The fraction of sp³-hybridized carbons (Fsp3) is 0.455. The molecule has 0 nitrogen and oxygen atoms in total. The van der Waals surface area contributed by atoms with Crippen molar-refractivity contribution in [2.45, 2.75) is 26.2 Å². The quantitative estimate of drug-likeness (QED) is 0.532. The van der Waals surface area contributed by atoms with Crippen molar-refractivity contribution in [3.05, 3.63) is 35.5 Å². The Bertz CT molecular complexity index is 237. The minimum Gasteiger partial charge on any atom is -0.0778 e. The van der Waals surface area contributed by atoms with Crippen LogP contribution in [0.2, 0.25) is 0 Å². The van der Waals surface area contributed by atoms with E-state index in [4.69, 9.17) is 0 Å². The van der Waals surface area contributed by atoms with Crippen LogP contribution in [-0.2, 0) is 0 Å². The lowest BCUT2D eigenvalue weighted by Gasteiger charge is -1.94. The molecule has 11 heavy (non-hydrogen) atoms. The van der Waals surface area contributed by atoms with Crippen molar-refractivity contribution in [1.82, 2.24) is 0 Å². The second-order valence-electron chi connectivity index (χ2n) is 3.50. The molecule has 0 aromatic rings. The first-order valence-electron chi connectivity index (χ1n) is 4.41. The van der Waals surface area contributed by atoms with E-state index in [0.29, 0.717) is 0 Å². The van der Waals surface area contributed by atoms with E-state index in [1.165, 1.54) is 18.4 Å². The Hall–Kier alpha value is -0.780. The minimum atomic E-state index is 0.908. The summed E-state index contributed by atoms with van der Waals surface area (Å²) in [6.45, 7) is 2.17. The van der Waals surface area contributed by atoms with E-state index >= 15 is 0 Å². The topological polar surface area (TPSA) is 0 Å². The molecule has 0 atom stereocenters. The summed E-state index contributed by atoms with van der Waals surface area (Å²) in [6.07, 6.45) is 13.1. The third-order valence-corrected chi connectivity index (χ3v) is 2.38. The van der Waals surface area contributed by atoms with E-state index in [9.17, 15) is 0 Å². The zero-order chi connectivity index (χ0) is 7.68. The molecule has 0 heteroatoms. The summed E-state index contributed by atoms with van der Waals surface area (Å²) < 4.78 is 0. The van der Waals surface area contributed by atoms with Crippen LogP contribution < -0.4 is 0 Å². The molecule has 0 aliphatic heterocycles. The number of hydrogen-bond acceptors (Lipinski definition) is 0. The lowest BCUT2D eigenvalue weighted by atomic mass is 10.1. The molecule has 0 spiro atoms. The summed E-state index contributed by atoms with van der Waals surface area (Å²) >= 11 is 0. The Balaban J connectivity index is 2.13. The molecule has 0 aromatic carbocycles. The van der Waals surface area contributed by atoms with Gasteiger partial charge in [0.25, 0.3) is 0 Å². The molecule has 0 bridgehead atoms. The summed E-state index contributed by atoms with van der Waals surface area (Å²) in [7, 11) is 0. The van der Waals surface area contributed by atoms with Gasteiger partial charge < -0.3 is 0 Å². The molecule has 1 fully saturated rings. The highest BCUT2D eigenvalue weighted by atomic mass is 14.3. The summed E-state index contributed by atoms with van der Waals surface area (Å²) in [5.41, 5.74) is 2.97. The fourth-order valence-corrected chi connectivity index (χ4v) is 1.46. The monoisotopic (exact) mass is 146 g/mol. The molecule has 2 aliphatic rings. The van der Waals surface area contributed by atoms with E-state index < -0.39 is 0 Å². The Morgan fingerprint density at radius 1 is 1.18 bits per heavy atom. The molecule has 0 N–H and O–H groups in total. The summed E-state index contributed by atoms with van der Waals surface area (Å²) in [6, 6.07) is 0. The Kier molecular flexibility index (Phi) is 1.69. The molecule has 0 saturated heterocycles. The van der Waals surface area contributed by atoms with Crippen LogP contribution in [0, 0.1) is 5.92 Å². The van der Waals surface area contributed by atoms with Gasteiger partial charge in [0.2, 0.25) is 0 Å². The third-order valence-electron chi connectivity index (χ3n) is 2.38. The summed E-state index contributed by atoms with van der Waals surface area (Å²) in [5, 5.41) is 0. The third kappa shape index (κ3) is 1.62. The maximum Gasteiger partial charge on any atom is -0.0158 e. The van der Waals surface area contributed by atoms with Crippen LogP contribution in [0.25, 0.3) is 0 Å². The van der Waals surface area contributed by atoms with Crippen LogP contribution in [0.3, 0.4) is 0 Å². The lowest BCUT2D eigenvalue weighted by molar-refractivity contribution is 1.04. The van der Waals surface area contributed by atoms with Crippen molar-refractivity contribution < 1.29 is 0 Å². The molecular formula is C11H14. The summed E-state index contributed by atoms with van der Waals surface area (Å²) in [4.78, 5) is 0. The van der Waals surface area contributed by atoms with Gasteiger partial charge in [0.05, 0.1) is 0 Å². The molecule has 0 radical (unpaired) electrons. The van der Waals surface area contributed by atoms with Gasteiger partial charge in [0.1, 0.15) is 0 Å². The molecule has 58 valence electrons.